The molecular weight excluding hydrogens is 276 g/mol. The number of hydrogen-bond acceptors (Lipinski definition) is 5. The number of aryl methyl sites for hydroxylation is 1. The first kappa shape index (κ1) is 15.0. The van der Waals surface area contributed by atoms with Crippen LogP contribution in [0.4, 0.5) is 0 Å². The highest BCUT2D eigenvalue weighted by Gasteiger charge is 2.18. The van der Waals surface area contributed by atoms with Crippen LogP contribution in [-0.4, -0.2) is 46.8 Å². The zero-order chi connectivity index (χ0) is 13.9. The minimum Gasteiger partial charge on any atom is -0.481 e. The number of carboxylic acid groups (broad SMARTS) is 1. The van der Waals surface area contributed by atoms with Gasteiger partial charge in [0.15, 0.2) is 5.16 Å². The fourth-order valence-electron chi connectivity index (χ4n) is 1.71. The second-order valence-electron chi connectivity index (χ2n) is 4.18. The molecule has 1 heterocycles. The van der Waals surface area contributed by atoms with Crippen molar-refractivity contribution in [2.75, 3.05) is 17.8 Å². The number of sulfone groups is 1. The van der Waals surface area contributed by atoms with Crippen molar-refractivity contribution in [1.29, 1.82) is 0 Å². The largest absolute Gasteiger partial charge is 0.481 e. The highest BCUT2D eigenvalue weighted by molar-refractivity contribution is 7.99. The third kappa shape index (κ3) is 4.34. The Labute approximate surface area is 110 Å². The molecule has 1 aromatic heterocycles. The molecule has 0 radical (unpaired) electrons. The lowest BCUT2D eigenvalue weighted by Gasteiger charge is -2.16. The fraction of sp³-hybridized carbons (Fsp3) is 0.600. The Kier molecular flexibility index (Phi) is 4.80. The first-order valence-electron chi connectivity index (χ1n) is 5.27. The monoisotopic (exact) mass is 292 g/mol. The van der Waals surface area contributed by atoms with E-state index >= 15 is 0 Å². The second kappa shape index (κ2) is 5.75. The summed E-state index contributed by atoms with van der Waals surface area (Å²) < 4.78 is 24.3. The van der Waals surface area contributed by atoms with E-state index in [0.717, 1.165) is 17.5 Å². The van der Waals surface area contributed by atoms with Crippen LogP contribution in [0.1, 0.15) is 18.7 Å². The smallest absolute Gasteiger partial charge is 0.313 e. The number of aliphatic carboxylic acids is 1. The van der Waals surface area contributed by atoms with Crippen molar-refractivity contribution in [1.82, 2.24) is 9.55 Å². The van der Waals surface area contributed by atoms with Gasteiger partial charge in [0.25, 0.3) is 0 Å². The molecule has 0 aliphatic rings. The molecule has 1 unspecified atom stereocenters. The normalized spacial score (nSPS) is 13.5. The van der Waals surface area contributed by atoms with Gasteiger partial charge in [-0.2, -0.15) is 0 Å². The molecule has 0 amide bonds. The van der Waals surface area contributed by atoms with Crippen LogP contribution in [-0.2, 0) is 14.6 Å². The predicted molar refractivity (Wildman–Crippen MR) is 69.7 cm³/mol. The number of rotatable bonds is 6. The summed E-state index contributed by atoms with van der Waals surface area (Å²) in [4.78, 5) is 14.6. The number of nitrogens with zero attached hydrogens (tertiary/aromatic N) is 2. The summed E-state index contributed by atoms with van der Waals surface area (Å²) in [6, 6.07) is -0.265. The van der Waals surface area contributed by atoms with Crippen molar-refractivity contribution in [2.24, 2.45) is 0 Å². The standard InChI is InChI=1S/C10H16N2O4S2/c1-7-4-11-10(17-5-9(13)14)12(7)8(2)6-18(3,15)16/h4,8H,5-6H2,1-3H3,(H,13,14). The minimum absolute atomic E-state index is 0.00479. The lowest BCUT2D eigenvalue weighted by Crippen LogP contribution is -2.18. The van der Waals surface area contributed by atoms with Crippen molar-refractivity contribution in [3.8, 4) is 0 Å². The molecule has 0 bridgehead atoms. The number of aromatic nitrogens is 2. The van der Waals surface area contributed by atoms with Crippen molar-refractivity contribution in [3.63, 3.8) is 0 Å². The highest BCUT2D eigenvalue weighted by atomic mass is 32.2. The Balaban J connectivity index is 2.93. The van der Waals surface area contributed by atoms with Crippen LogP contribution in [0.5, 0.6) is 0 Å². The van der Waals surface area contributed by atoms with E-state index in [0.29, 0.717) is 5.16 Å². The first-order valence-corrected chi connectivity index (χ1v) is 8.31. The van der Waals surface area contributed by atoms with E-state index in [1.54, 1.807) is 17.7 Å². The van der Waals surface area contributed by atoms with Crippen molar-refractivity contribution in [2.45, 2.75) is 25.0 Å². The van der Waals surface area contributed by atoms with E-state index < -0.39 is 15.8 Å². The van der Waals surface area contributed by atoms with Crippen LogP contribution in [0.2, 0.25) is 0 Å². The fourth-order valence-corrected chi connectivity index (χ4v) is 3.57. The van der Waals surface area contributed by atoms with Gasteiger partial charge in [0.2, 0.25) is 0 Å². The van der Waals surface area contributed by atoms with Crippen molar-refractivity contribution < 1.29 is 18.3 Å². The Bertz CT molecular complexity index is 536. The molecule has 0 saturated carbocycles. The van der Waals surface area contributed by atoms with Crippen molar-refractivity contribution in [3.05, 3.63) is 11.9 Å². The summed E-state index contributed by atoms with van der Waals surface area (Å²) in [5.74, 6) is -1.02. The molecule has 1 N–H and O–H groups in total. The number of carboxylic acids is 1. The first-order chi connectivity index (χ1) is 8.20. The molecule has 6 nitrogen and oxygen atoms in total. The molecule has 0 aliphatic heterocycles. The number of imidazole rings is 1. The third-order valence-corrected chi connectivity index (χ3v) is 4.30. The summed E-state index contributed by atoms with van der Waals surface area (Å²) in [5.41, 5.74) is 0.819. The van der Waals surface area contributed by atoms with E-state index in [-0.39, 0.29) is 17.5 Å². The summed E-state index contributed by atoms with van der Waals surface area (Å²) in [5, 5.41) is 9.18. The van der Waals surface area contributed by atoms with Crippen LogP contribution < -0.4 is 0 Å². The van der Waals surface area contributed by atoms with Gasteiger partial charge in [-0.1, -0.05) is 11.8 Å². The SMILES string of the molecule is Cc1cnc(SCC(=O)O)n1C(C)CS(C)(=O)=O. The Hall–Kier alpha value is -1.02. The maximum absolute atomic E-state index is 11.3. The predicted octanol–water partition coefficient (Wildman–Crippen LogP) is 0.974. The maximum Gasteiger partial charge on any atom is 0.313 e. The minimum atomic E-state index is -3.09. The zero-order valence-electron chi connectivity index (χ0n) is 10.5. The topological polar surface area (TPSA) is 89.3 Å². The van der Waals surface area contributed by atoms with Gasteiger partial charge in [-0.3, -0.25) is 4.79 Å². The summed E-state index contributed by atoms with van der Waals surface area (Å²) in [6.07, 6.45) is 2.79. The molecule has 1 rings (SSSR count). The van der Waals surface area contributed by atoms with Crippen LogP contribution in [0.3, 0.4) is 0 Å². The van der Waals surface area contributed by atoms with E-state index in [2.05, 4.69) is 4.98 Å². The Morgan fingerprint density at radius 3 is 2.72 bits per heavy atom. The van der Waals surface area contributed by atoms with E-state index in [1.807, 2.05) is 6.92 Å². The molecule has 8 heteroatoms. The summed E-state index contributed by atoms with van der Waals surface area (Å²) >= 11 is 1.09. The van der Waals surface area contributed by atoms with E-state index in [1.165, 1.54) is 6.26 Å². The van der Waals surface area contributed by atoms with Gasteiger partial charge in [-0.15, -0.1) is 0 Å². The quantitative estimate of drug-likeness (QED) is 0.786. The molecule has 1 atom stereocenters. The molecule has 1 aromatic rings. The van der Waals surface area contributed by atoms with Crippen LogP contribution in [0.25, 0.3) is 0 Å². The molecule has 18 heavy (non-hydrogen) atoms. The van der Waals surface area contributed by atoms with Gasteiger partial charge in [0.05, 0.1) is 11.5 Å². The molecule has 0 saturated heterocycles. The molecule has 0 aliphatic carbocycles. The van der Waals surface area contributed by atoms with Crippen LogP contribution in [0, 0.1) is 6.92 Å². The number of hydrogen-bond donors (Lipinski definition) is 1. The lowest BCUT2D eigenvalue weighted by molar-refractivity contribution is -0.133. The van der Waals surface area contributed by atoms with Gasteiger partial charge >= 0.3 is 5.97 Å². The Morgan fingerprint density at radius 2 is 2.22 bits per heavy atom. The van der Waals surface area contributed by atoms with Gasteiger partial charge in [0, 0.05) is 24.2 Å². The summed E-state index contributed by atoms with van der Waals surface area (Å²) in [6.45, 7) is 3.59. The van der Waals surface area contributed by atoms with Gasteiger partial charge < -0.3 is 9.67 Å². The van der Waals surface area contributed by atoms with Crippen LogP contribution >= 0.6 is 11.8 Å². The Morgan fingerprint density at radius 1 is 1.61 bits per heavy atom. The lowest BCUT2D eigenvalue weighted by atomic mass is 10.3. The molecule has 102 valence electrons. The molecular formula is C10H16N2O4S2. The van der Waals surface area contributed by atoms with E-state index in [9.17, 15) is 13.2 Å². The van der Waals surface area contributed by atoms with Crippen molar-refractivity contribution >= 4 is 27.6 Å². The number of carbonyl (C=O) groups is 1. The van der Waals surface area contributed by atoms with Gasteiger partial charge in [-0.05, 0) is 13.8 Å². The highest BCUT2D eigenvalue weighted by Crippen LogP contribution is 2.23. The number of thioether (sulfide) groups is 1. The average molecular weight is 292 g/mol. The zero-order valence-corrected chi connectivity index (χ0v) is 12.1. The average Bonchev–Trinajstić information content (AvgIpc) is 2.53. The summed E-state index contributed by atoms with van der Waals surface area (Å²) in [7, 11) is -3.09. The molecule has 0 aromatic carbocycles. The third-order valence-electron chi connectivity index (χ3n) is 2.26. The van der Waals surface area contributed by atoms with Crippen LogP contribution in [0.15, 0.2) is 11.4 Å². The maximum atomic E-state index is 11.3. The van der Waals surface area contributed by atoms with Gasteiger partial charge in [-0.25, -0.2) is 13.4 Å². The second-order valence-corrected chi connectivity index (χ2v) is 7.30. The molecule has 0 spiro atoms. The molecule has 0 fully saturated rings. The van der Waals surface area contributed by atoms with Gasteiger partial charge in [0.1, 0.15) is 9.84 Å². The van der Waals surface area contributed by atoms with E-state index in [4.69, 9.17) is 5.11 Å².